The number of ether oxygens (including phenoxy) is 2. The predicted molar refractivity (Wildman–Crippen MR) is 86.2 cm³/mol. The molecule has 118 valence electrons. The first-order chi connectivity index (χ1) is 9.75. The highest BCUT2D eigenvalue weighted by Gasteiger charge is 2.17. The van der Waals surface area contributed by atoms with Gasteiger partial charge >= 0.3 is 6.09 Å². The number of methoxy groups -OCH3 is 1. The number of carbonyl (C=O) groups excluding carboxylic acids is 1. The topological polar surface area (TPSA) is 59.6 Å². The Balaban J connectivity index is 2.91. The van der Waals surface area contributed by atoms with Crippen LogP contribution in [0.15, 0.2) is 18.2 Å². The summed E-state index contributed by atoms with van der Waals surface area (Å²) in [4.78, 5) is 11.9. The summed E-state index contributed by atoms with van der Waals surface area (Å²) >= 11 is 0. The van der Waals surface area contributed by atoms with E-state index in [-0.39, 0.29) is 6.04 Å². The van der Waals surface area contributed by atoms with Gasteiger partial charge in [0.2, 0.25) is 0 Å². The van der Waals surface area contributed by atoms with Crippen molar-refractivity contribution in [2.75, 3.05) is 17.7 Å². The lowest BCUT2D eigenvalue weighted by molar-refractivity contribution is 0.0636. The Bertz CT molecular complexity index is 481. The quantitative estimate of drug-likeness (QED) is 0.852. The van der Waals surface area contributed by atoms with Gasteiger partial charge in [0, 0.05) is 12.1 Å². The molecule has 1 unspecified atom stereocenters. The molecule has 0 bridgehead atoms. The van der Waals surface area contributed by atoms with Crippen LogP contribution in [0.2, 0.25) is 0 Å². The Labute approximate surface area is 127 Å². The van der Waals surface area contributed by atoms with Crippen molar-refractivity contribution in [3.05, 3.63) is 18.2 Å². The molecular formula is C16H26N2O3. The van der Waals surface area contributed by atoms with Crippen molar-refractivity contribution in [1.29, 1.82) is 0 Å². The second kappa shape index (κ2) is 7.20. The molecule has 1 rings (SSSR count). The second-order valence-corrected chi connectivity index (χ2v) is 5.99. The number of nitrogens with one attached hydrogen (secondary N) is 2. The molecule has 5 nitrogen and oxygen atoms in total. The summed E-state index contributed by atoms with van der Waals surface area (Å²) < 4.78 is 10.5. The Morgan fingerprint density at radius 3 is 2.48 bits per heavy atom. The molecule has 0 fully saturated rings. The van der Waals surface area contributed by atoms with E-state index < -0.39 is 11.7 Å². The summed E-state index contributed by atoms with van der Waals surface area (Å²) in [6.07, 6.45) is 0.503. The zero-order valence-electron chi connectivity index (χ0n) is 13.7. The molecular weight excluding hydrogens is 268 g/mol. The molecule has 0 radical (unpaired) electrons. The average molecular weight is 294 g/mol. The lowest BCUT2D eigenvalue weighted by Gasteiger charge is -2.22. The molecule has 2 N–H and O–H groups in total. The first-order valence-corrected chi connectivity index (χ1v) is 7.19. The third kappa shape index (κ3) is 5.94. The van der Waals surface area contributed by atoms with Crippen LogP contribution in [0.1, 0.15) is 41.0 Å². The molecule has 1 aromatic carbocycles. The molecule has 0 saturated carbocycles. The smallest absolute Gasteiger partial charge is 0.412 e. The van der Waals surface area contributed by atoms with E-state index in [1.54, 1.807) is 19.2 Å². The van der Waals surface area contributed by atoms with Gasteiger partial charge in [-0.3, -0.25) is 5.32 Å². The number of amides is 1. The van der Waals surface area contributed by atoms with Gasteiger partial charge in [0.25, 0.3) is 0 Å². The van der Waals surface area contributed by atoms with Gasteiger partial charge in [-0.25, -0.2) is 4.79 Å². The largest absolute Gasteiger partial charge is 0.497 e. The van der Waals surface area contributed by atoms with Crippen LogP contribution in [-0.2, 0) is 4.74 Å². The van der Waals surface area contributed by atoms with Crippen LogP contribution in [0, 0.1) is 0 Å². The van der Waals surface area contributed by atoms with Gasteiger partial charge in [-0.05, 0) is 46.2 Å². The number of benzene rings is 1. The van der Waals surface area contributed by atoms with Crippen molar-refractivity contribution in [2.45, 2.75) is 52.7 Å². The van der Waals surface area contributed by atoms with E-state index in [2.05, 4.69) is 24.5 Å². The standard InChI is InChI=1S/C16H26N2O3/c1-7-11(2)17-14-10-12(20-6)8-9-13(14)18-15(19)21-16(3,4)5/h8-11,17H,7H2,1-6H3,(H,18,19). The van der Waals surface area contributed by atoms with Crippen molar-refractivity contribution in [3.63, 3.8) is 0 Å². The van der Waals surface area contributed by atoms with Crippen LogP contribution in [-0.4, -0.2) is 24.8 Å². The van der Waals surface area contributed by atoms with E-state index in [1.807, 2.05) is 26.8 Å². The number of carbonyl (C=O) groups is 1. The molecule has 0 aliphatic carbocycles. The van der Waals surface area contributed by atoms with Gasteiger partial charge in [0.1, 0.15) is 11.4 Å². The normalized spacial score (nSPS) is 12.5. The van der Waals surface area contributed by atoms with Gasteiger partial charge < -0.3 is 14.8 Å². The van der Waals surface area contributed by atoms with Crippen molar-refractivity contribution in [3.8, 4) is 5.75 Å². The van der Waals surface area contributed by atoms with E-state index in [0.717, 1.165) is 17.9 Å². The molecule has 1 amide bonds. The number of anilines is 2. The summed E-state index contributed by atoms with van der Waals surface area (Å²) in [7, 11) is 1.61. The SMILES string of the molecule is CCC(C)Nc1cc(OC)ccc1NC(=O)OC(C)(C)C. The maximum atomic E-state index is 11.9. The van der Waals surface area contributed by atoms with Crippen LogP contribution in [0.3, 0.4) is 0 Å². The van der Waals surface area contributed by atoms with Gasteiger partial charge in [0.15, 0.2) is 0 Å². The maximum absolute atomic E-state index is 11.9. The van der Waals surface area contributed by atoms with Crippen LogP contribution in [0.4, 0.5) is 16.2 Å². The van der Waals surface area contributed by atoms with Gasteiger partial charge in [-0.1, -0.05) is 6.92 Å². The Hall–Kier alpha value is -1.91. The van der Waals surface area contributed by atoms with E-state index in [1.165, 1.54) is 0 Å². The predicted octanol–water partition coefficient (Wildman–Crippen LogP) is 4.25. The lowest BCUT2D eigenvalue weighted by Crippen LogP contribution is -2.27. The molecule has 1 atom stereocenters. The van der Waals surface area contributed by atoms with E-state index in [9.17, 15) is 4.79 Å². The molecule has 0 aliphatic heterocycles. The number of hydrogen-bond donors (Lipinski definition) is 2. The fourth-order valence-electron chi connectivity index (χ4n) is 1.66. The molecule has 21 heavy (non-hydrogen) atoms. The van der Waals surface area contributed by atoms with E-state index in [4.69, 9.17) is 9.47 Å². The summed E-state index contributed by atoms with van der Waals surface area (Å²) in [6, 6.07) is 5.75. The highest BCUT2D eigenvalue weighted by Crippen LogP contribution is 2.28. The van der Waals surface area contributed by atoms with Crippen LogP contribution >= 0.6 is 0 Å². The zero-order chi connectivity index (χ0) is 16.0. The van der Waals surface area contributed by atoms with Gasteiger partial charge in [-0.15, -0.1) is 0 Å². The summed E-state index contributed by atoms with van der Waals surface area (Å²) in [5.74, 6) is 0.732. The van der Waals surface area contributed by atoms with Crippen molar-refractivity contribution in [1.82, 2.24) is 0 Å². The molecule has 0 spiro atoms. The molecule has 0 aromatic heterocycles. The molecule has 5 heteroatoms. The Morgan fingerprint density at radius 1 is 1.29 bits per heavy atom. The fraction of sp³-hybridized carbons (Fsp3) is 0.562. The van der Waals surface area contributed by atoms with Gasteiger partial charge in [-0.2, -0.15) is 0 Å². The maximum Gasteiger partial charge on any atom is 0.412 e. The number of hydrogen-bond acceptors (Lipinski definition) is 4. The lowest BCUT2D eigenvalue weighted by atomic mass is 10.2. The minimum absolute atomic E-state index is 0.288. The number of rotatable bonds is 5. The minimum Gasteiger partial charge on any atom is -0.497 e. The third-order valence-corrected chi connectivity index (χ3v) is 2.88. The third-order valence-electron chi connectivity index (χ3n) is 2.88. The molecule has 1 aromatic rings. The summed E-state index contributed by atoms with van der Waals surface area (Å²) in [5, 5.41) is 6.12. The highest BCUT2D eigenvalue weighted by molar-refractivity contribution is 5.90. The average Bonchev–Trinajstić information content (AvgIpc) is 2.38. The van der Waals surface area contributed by atoms with Crippen molar-refractivity contribution >= 4 is 17.5 Å². The molecule has 0 aliphatic rings. The summed E-state index contributed by atoms with van der Waals surface area (Å²) in [6.45, 7) is 9.67. The van der Waals surface area contributed by atoms with Crippen molar-refractivity contribution < 1.29 is 14.3 Å². The first-order valence-electron chi connectivity index (χ1n) is 7.19. The highest BCUT2D eigenvalue weighted by atomic mass is 16.6. The van der Waals surface area contributed by atoms with Crippen LogP contribution in [0.5, 0.6) is 5.75 Å². The van der Waals surface area contributed by atoms with Crippen LogP contribution < -0.4 is 15.4 Å². The van der Waals surface area contributed by atoms with E-state index >= 15 is 0 Å². The first kappa shape index (κ1) is 17.1. The zero-order valence-corrected chi connectivity index (χ0v) is 13.7. The molecule has 0 saturated heterocycles. The second-order valence-electron chi connectivity index (χ2n) is 5.99. The Morgan fingerprint density at radius 2 is 1.95 bits per heavy atom. The Kier molecular flexibility index (Phi) is 5.88. The summed E-state index contributed by atoms with van der Waals surface area (Å²) in [5.41, 5.74) is 0.959. The van der Waals surface area contributed by atoms with Crippen molar-refractivity contribution in [2.24, 2.45) is 0 Å². The monoisotopic (exact) mass is 294 g/mol. The van der Waals surface area contributed by atoms with Crippen LogP contribution in [0.25, 0.3) is 0 Å². The minimum atomic E-state index is -0.527. The van der Waals surface area contributed by atoms with E-state index in [0.29, 0.717) is 5.69 Å². The fourth-order valence-corrected chi connectivity index (χ4v) is 1.66. The van der Waals surface area contributed by atoms with Gasteiger partial charge in [0.05, 0.1) is 18.5 Å². The molecule has 0 heterocycles.